The van der Waals surface area contributed by atoms with Gasteiger partial charge < -0.3 is 15.0 Å². The molecule has 22 heavy (non-hydrogen) atoms. The summed E-state index contributed by atoms with van der Waals surface area (Å²) in [6, 6.07) is 2.32. The summed E-state index contributed by atoms with van der Waals surface area (Å²) >= 11 is 0. The van der Waals surface area contributed by atoms with E-state index in [1.807, 2.05) is 0 Å². The highest BCUT2D eigenvalue weighted by atomic mass is 16.5. The van der Waals surface area contributed by atoms with E-state index in [9.17, 15) is 0 Å². The number of fused-ring (bicyclic) bond motifs is 2. The van der Waals surface area contributed by atoms with Crippen molar-refractivity contribution in [3.63, 3.8) is 0 Å². The third-order valence-corrected chi connectivity index (χ3v) is 5.37. The Morgan fingerprint density at radius 2 is 2.05 bits per heavy atom. The molecule has 2 aliphatic heterocycles. The largest absolute Gasteiger partial charge is 0.490 e. The fraction of sp³-hybridized carbons (Fsp3) is 0.684. The van der Waals surface area contributed by atoms with Crippen LogP contribution in [-0.4, -0.2) is 32.8 Å². The predicted molar refractivity (Wildman–Crippen MR) is 93.2 cm³/mol. The molecule has 3 rings (SSSR count). The minimum atomic E-state index is 0.343. The standard InChI is InChI=1S/C19H30N2O/c1-5-19(3,4)13-21-10-11-22-17-12-15-6-8-20-9-7-16(15)14(2)18(17)21/h12,20H,5-11,13H2,1-4H3. The first-order chi connectivity index (χ1) is 10.5. The van der Waals surface area contributed by atoms with Crippen molar-refractivity contribution in [2.24, 2.45) is 5.41 Å². The number of hydrogen-bond donors (Lipinski definition) is 1. The van der Waals surface area contributed by atoms with E-state index in [1.54, 1.807) is 5.56 Å². The molecule has 0 aliphatic carbocycles. The SMILES string of the molecule is CCC(C)(C)CN1CCOc2cc3c(c(C)c21)CCNCC3. The highest BCUT2D eigenvalue weighted by Gasteiger charge is 2.28. The Labute approximate surface area is 135 Å². The maximum absolute atomic E-state index is 6.03. The molecule has 3 nitrogen and oxygen atoms in total. The van der Waals surface area contributed by atoms with Crippen molar-refractivity contribution in [3.8, 4) is 5.75 Å². The topological polar surface area (TPSA) is 24.5 Å². The van der Waals surface area contributed by atoms with Crippen LogP contribution in [0.4, 0.5) is 5.69 Å². The molecule has 1 aromatic carbocycles. The van der Waals surface area contributed by atoms with Gasteiger partial charge in [-0.05, 0) is 67.4 Å². The lowest BCUT2D eigenvalue weighted by Crippen LogP contribution is -2.40. The van der Waals surface area contributed by atoms with Gasteiger partial charge in [-0.1, -0.05) is 20.8 Å². The minimum absolute atomic E-state index is 0.343. The fourth-order valence-electron chi connectivity index (χ4n) is 3.68. The summed E-state index contributed by atoms with van der Waals surface area (Å²) < 4.78 is 6.03. The first kappa shape index (κ1) is 15.7. The van der Waals surface area contributed by atoms with Crippen LogP contribution in [0, 0.1) is 12.3 Å². The van der Waals surface area contributed by atoms with Gasteiger partial charge in [0.2, 0.25) is 0 Å². The monoisotopic (exact) mass is 302 g/mol. The number of anilines is 1. The highest BCUT2D eigenvalue weighted by Crippen LogP contribution is 2.40. The van der Waals surface area contributed by atoms with Gasteiger partial charge in [0.1, 0.15) is 12.4 Å². The summed E-state index contributed by atoms with van der Waals surface area (Å²) in [6.07, 6.45) is 3.46. The quantitative estimate of drug-likeness (QED) is 0.927. The molecule has 2 heterocycles. The van der Waals surface area contributed by atoms with E-state index in [0.29, 0.717) is 5.41 Å². The van der Waals surface area contributed by atoms with Crippen molar-refractivity contribution >= 4 is 5.69 Å². The Bertz CT molecular complexity index is 551. The molecule has 0 aromatic heterocycles. The molecule has 0 bridgehead atoms. The first-order valence-corrected chi connectivity index (χ1v) is 8.75. The number of ether oxygens (including phenoxy) is 1. The number of nitrogens with zero attached hydrogens (tertiary/aromatic N) is 1. The van der Waals surface area contributed by atoms with Crippen molar-refractivity contribution in [1.82, 2.24) is 5.32 Å². The van der Waals surface area contributed by atoms with Crippen molar-refractivity contribution < 1.29 is 4.74 Å². The van der Waals surface area contributed by atoms with Crippen molar-refractivity contribution in [3.05, 3.63) is 22.8 Å². The van der Waals surface area contributed by atoms with E-state index in [0.717, 1.165) is 51.4 Å². The lowest BCUT2D eigenvalue weighted by molar-refractivity contribution is 0.284. The molecule has 0 fully saturated rings. The van der Waals surface area contributed by atoms with Gasteiger partial charge >= 0.3 is 0 Å². The Morgan fingerprint density at radius 3 is 2.82 bits per heavy atom. The van der Waals surface area contributed by atoms with Gasteiger partial charge in [0.15, 0.2) is 0 Å². The summed E-state index contributed by atoms with van der Waals surface area (Å²) in [5, 5.41) is 3.52. The summed E-state index contributed by atoms with van der Waals surface area (Å²) in [4.78, 5) is 2.57. The Morgan fingerprint density at radius 1 is 1.27 bits per heavy atom. The van der Waals surface area contributed by atoms with Crippen LogP contribution in [0.3, 0.4) is 0 Å². The fourth-order valence-corrected chi connectivity index (χ4v) is 3.68. The van der Waals surface area contributed by atoms with Crippen molar-refractivity contribution in [1.29, 1.82) is 0 Å². The van der Waals surface area contributed by atoms with Crippen LogP contribution in [0.2, 0.25) is 0 Å². The average molecular weight is 302 g/mol. The van der Waals surface area contributed by atoms with Gasteiger partial charge in [0, 0.05) is 6.54 Å². The van der Waals surface area contributed by atoms with Gasteiger partial charge in [-0.2, -0.15) is 0 Å². The Kier molecular flexibility index (Phi) is 4.35. The molecule has 0 saturated carbocycles. The van der Waals surface area contributed by atoms with Gasteiger partial charge in [-0.15, -0.1) is 0 Å². The maximum atomic E-state index is 6.03. The average Bonchev–Trinajstić information content (AvgIpc) is 2.72. The molecule has 0 atom stereocenters. The van der Waals surface area contributed by atoms with E-state index in [1.165, 1.54) is 23.2 Å². The van der Waals surface area contributed by atoms with E-state index < -0.39 is 0 Å². The van der Waals surface area contributed by atoms with Crippen LogP contribution in [0.1, 0.15) is 43.9 Å². The van der Waals surface area contributed by atoms with Gasteiger partial charge in [0.05, 0.1) is 12.2 Å². The normalized spacial score (nSPS) is 18.3. The molecule has 1 N–H and O–H groups in total. The van der Waals surface area contributed by atoms with Gasteiger partial charge in [-0.3, -0.25) is 0 Å². The van der Waals surface area contributed by atoms with Crippen LogP contribution >= 0.6 is 0 Å². The van der Waals surface area contributed by atoms with Crippen LogP contribution in [-0.2, 0) is 12.8 Å². The molecule has 0 saturated heterocycles. The van der Waals surface area contributed by atoms with E-state index >= 15 is 0 Å². The van der Waals surface area contributed by atoms with Crippen LogP contribution in [0.15, 0.2) is 6.07 Å². The molecule has 0 unspecified atom stereocenters. The van der Waals surface area contributed by atoms with Crippen molar-refractivity contribution in [2.45, 2.75) is 47.0 Å². The maximum Gasteiger partial charge on any atom is 0.143 e. The van der Waals surface area contributed by atoms with Gasteiger partial charge in [0.25, 0.3) is 0 Å². The molecule has 0 radical (unpaired) electrons. The Hall–Kier alpha value is -1.22. The highest BCUT2D eigenvalue weighted by molar-refractivity contribution is 5.69. The zero-order valence-corrected chi connectivity index (χ0v) is 14.6. The van der Waals surface area contributed by atoms with Crippen molar-refractivity contribution in [2.75, 3.05) is 37.7 Å². The second kappa shape index (κ2) is 6.11. The molecule has 122 valence electrons. The van der Waals surface area contributed by atoms with E-state index in [2.05, 4.69) is 44.0 Å². The molecule has 1 aromatic rings. The van der Waals surface area contributed by atoms with Crippen LogP contribution in [0.5, 0.6) is 5.75 Å². The molecule has 0 spiro atoms. The number of hydrogen-bond acceptors (Lipinski definition) is 3. The summed E-state index contributed by atoms with van der Waals surface area (Å²) in [5.74, 6) is 1.11. The smallest absolute Gasteiger partial charge is 0.143 e. The lowest BCUT2D eigenvalue weighted by Gasteiger charge is -2.39. The molecule has 2 aliphatic rings. The van der Waals surface area contributed by atoms with E-state index in [-0.39, 0.29) is 0 Å². The summed E-state index contributed by atoms with van der Waals surface area (Å²) in [6.45, 7) is 14.4. The van der Waals surface area contributed by atoms with Crippen LogP contribution in [0.25, 0.3) is 0 Å². The summed E-state index contributed by atoms with van der Waals surface area (Å²) in [7, 11) is 0. The van der Waals surface area contributed by atoms with Gasteiger partial charge in [-0.25, -0.2) is 0 Å². The Balaban J connectivity index is 2.00. The minimum Gasteiger partial charge on any atom is -0.490 e. The third kappa shape index (κ3) is 2.96. The zero-order chi connectivity index (χ0) is 15.7. The molecule has 0 amide bonds. The lowest BCUT2D eigenvalue weighted by atomic mass is 9.88. The summed E-state index contributed by atoms with van der Waals surface area (Å²) in [5.41, 5.74) is 6.18. The zero-order valence-electron chi connectivity index (χ0n) is 14.6. The molecular formula is C19H30N2O. The number of nitrogens with one attached hydrogen (secondary N) is 1. The van der Waals surface area contributed by atoms with E-state index in [4.69, 9.17) is 4.74 Å². The number of benzene rings is 1. The molecular weight excluding hydrogens is 272 g/mol. The second-order valence-electron chi connectivity index (χ2n) is 7.52. The number of rotatable bonds is 3. The van der Waals surface area contributed by atoms with Crippen LogP contribution < -0.4 is 15.0 Å². The predicted octanol–water partition coefficient (Wildman–Crippen LogP) is 3.32. The first-order valence-electron chi connectivity index (χ1n) is 8.75. The second-order valence-corrected chi connectivity index (χ2v) is 7.52. The third-order valence-electron chi connectivity index (χ3n) is 5.37. The molecule has 3 heteroatoms.